The lowest BCUT2D eigenvalue weighted by atomic mass is 9.87. The number of aryl methyl sites for hydroxylation is 1. The molecule has 0 bridgehead atoms. The van der Waals surface area contributed by atoms with Crippen LogP contribution in [0.15, 0.2) is 72.5 Å². The topological polar surface area (TPSA) is 67.4 Å². The molecule has 1 aliphatic carbocycles. The number of rotatable bonds is 3. The largest absolute Gasteiger partial charge is 0.449 e. The van der Waals surface area contributed by atoms with E-state index in [0.717, 1.165) is 24.8 Å². The zero-order valence-corrected chi connectivity index (χ0v) is 18.0. The Bertz CT molecular complexity index is 1230. The molecule has 5 nitrogen and oxygen atoms in total. The lowest BCUT2D eigenvalue weighted by Crippen LogP contribution is -2.31. The van der Waals surface area contributed by atoms with E-state index in [1.54, 1.807) is 48.5 Å². The number of hydrogen-bond donors (Lipinski definition) is 2. The van der Waals surface area contributed by atoms with Crippen LogP contribution in [0.5, 0.6) is 5.75 Å². The van der Waals surface area contributed by atoms with Gasteiger partial charge in [-0.2, -0.15) is 0 Å². The molecule has 2 amide bonds. The van der Waals surface area contributed by atoms with Gasteiger partial charge in [-0.05, 0) is 72.4 Å². The minimum Gasteiger partial charge on any atom is -0.449 e. The number of amides is 2. The highest BCUT2D eigenvalue weighted by Gasteiger charge is 2.25. The Morgan fingerprint density at radius 3 is 2.75 bits per heavy atom. The molecule has 0 spiro atoms. The third-order valence-electron chi connectivity index (χ3n) is 5.78. The minimum atomic E-state index is -0.369. The fourth-order valence-electron chi connectivity index (χ4n) is 4.16. The molecule has 3 aromatic rings. The number of anilines is 1. The fraction of sp³-hybridized carbons (Fsp3) is 0.154. The third-order valence-corrected chi connectivity index (χ3v) is 6.03. The van der Waals surface area contributed by atoms with Crippen molar-refractivity contribution < 1.29 is 14.3 Å². The molecule has 2 aliphatic rings. The highest BCUT2D eigenvalue weighted by atomic mass is 35.5. The summed E-state index contributed by atoms with van der Waals surface area (Å²) in [6.45, 7) is 0. The molecule has 5 rings (SSSR count). The van der Waals surface area contributed by atoms with Crippen molar-refractivity contribution >= 4 is 35.2 Å². The molecule has 1 aliphatic heterocycles. The van der Waals surface area contributed by atoms with Crippen molar-refractivity contribution in [3.8, 4) is 5.75 Å². The maximum atomic E-state index is 12.9. The van der Waals surface area contributed by atoms with Crippen molar-refractivity contribution in [1.29, 1.82) is 0 Å². The van der Waals surface area contributed by atoms with Crippen LogP contribution in [0.3, 0.4) is 0 Å². The van der Waals surface area contributed by atoms with Crippen LogP contribution in [0.1, 0.15) is 45.9 Å². The monoisotopic (exact) mass is 444 g/mol. The predicted molar refractivity (Wildman–Crippen MR) is 125 cm³/mol. The molecule has 2 N–H and O–H groups in total. The van der Waals surface area contributed by atoms with E-state index in [1.165, 1.54) is 11.1 Å². The first-order chi connectivity index (χ1) is 15.6. The van der Waals surface area contributed by atoms with Gasteiger partial charge in [0.25, 0.3) is 11.8 Å². The van der Waals surface area contributed by atoms with Crippen LogP contribution < -0.4 is 15.4 Å². The summed E-state index contributed by atoms with van der Waals surface area (Å²) in [5.74, 6) is 0.123. The summed E-state index contributed by atoms with van der Waals surface area (Å²) in [7, 11) is 0. The smallest absolute Gasteiger partial charge is 0.291 e. The van der Waals surface area contributed by atoms with E-state index in [0.29, 0.717) is 22.0 Å². The standard InChI is InChI=1S/C26H21ClN2O3/c27-19-11-8-16(9-12-19)14-24-26(31)29-22-15-18(10-13-23(22)32-24)25(30)28-21-7-3-5-17-4-1-2-6-20(17)21/h1-2,4,6,8-15,21H,3,5,7H2,(H,28,30)(H,29,31)/b24-14-/t21-/m0/s1. The number of halogens is 1. The van der Waals surface area contributed by atoms with Gasteiger partial charge in [0.1, 0.15) is 0 Å². The molecule has 0 aromatic heterocycles. The first kappa shape index (κ1) is 20.3. The summed E-state index contributed by atoms with van der Waals surface area (Å²) in [4.78, 5) is 25.5. The van der Waals surface area contributed by atoms with Gasteiger partial charge in [-0.1, -0.05) is 48.0 Å². The van der Waals surface area contributed by atoms with E-state index in [2.05, 4.69) is 22.8 Å². The SMILES string of the molecule is O=C1Nc2cc(C(=O)N[C@H]3CCCc4ccccc43)ccc2O/C1=C\c1ccc(Cl)cc1. The molecular formula is C26H21ClN2O3. The van der Waals surface area contributed by atoms with Gasteiger partial charge in [-0.15, -0.1) is 0 Å². The molecule has 160 valence electrons. The van der Waals surface area contributed by atoms with Gasteiger partial charge >= 0.3 is 0 Å². The average molecular weight is 445 g/mol. The Hall–Kier alpha value is -3.57. The normalized spacial score (nSPS) is 18.2. The highest BCUT2D eigenvalue weighted by molar-refractivity contribution is 6.30. The van der Waals surface area contributed by atoms with Gasteiger partial charge < -0.3 is 15.4 Å². The van der Waals surface area contributed by atoms with E-state index in [-0.39, 0.29) is 23.6 Å². The van der Waals surface area contributed by atoms with Gasteiger partial charge in [-0.3, -0.25) is 9.59 Å². The van der Waals surface area contributed by atoms with E-state index >= 15 is 0 Å². The van der Waals surface area contributed by atoms with E-state index in [4.69, 9.17) is 16.3 Å². The number of hydrogen-bond acceptors (Lipinski definition) is 3. The Morgan fingerprint density at radius 1 is 1.09 bits per heavy atom. The van der Waals surface area contributed by atoms with Gasteiger partial charge in [0, 0.05) is 10.6 Å². The highest BCUT2D eigenvalue weighted by Crippen LogP contribution is 2.33. The van der Waals surface area contributed by atoms with Gasteiger partial charge in [-0.25, -0.2) is 0 Å². The Balaban J connectivity index is 1.34. The second-order valence-corrected chi connectivity index (χ2v) is 8.38. The van der Waals surface area contributed by atoms with Crippen LogP contribution >= 0.6 is 11.6 Å². The minimum absolute atomic E-state index is 0.0109. The molecule has 3 aromatic carbocycles. The summed E-state index contributed by atoms with van der Waals surface area (Å²) in [6.07, 6.45) is 4.64. The van der Waals surface area contributed by atoms with Crippen LogP contribution in [0.2, 0.25) is 5.02 Å². The van der Waals surface area contributed by atoms with Crippen LogP contribution in [-0.2, 0) is 11.2 Å². The molecule has 6 heteroatoms. The van der Waals surface area contributed by atoms with Crippen molar-refractivity contribution in [2.24, 2.45) is 0 Å². The zero-order chi connectivity index (χ0) is 22.1. The van der Waals surface area contributed by atoms with Crippen molar-refractivity contribution in [3.05, 3.63) is 99.8 Å². The zero-order valence-electron chi connectivity index (χ0n) is 17.2. The first-order valence-electron chi connectivity index (χ1n) is 10.6. The molecule has 1 heterocycles. The van der Waals surface area contributed by atoms with Crippen molar-refractivity contribution in [2.45, 2.75) is 25.3 Å². The molecule has 0 unspecified atom stereocenters. The molecular weight excluding hydrogens is 424 g/mol. The average Bonchev–Trinajstić information content (AvgIpc) is 2.81. The van der Waals surface area contributed by atoms with Crippen LogP contribution in [-0.4, -0.2) is 11.8 Å². The van der Waals surface area contributed by atoms with E-state index in [9.17, 15) is 9.59 Å². The lowest BCUT2D eigenvalue weighted by molar-refractivity contribution is -0.115. The lowest BCUT2D eigenvalue weighted by Gasteiger charge is -2.26. The number of fused-ring (bicyclic) bond motifs is 2. The summed E-state index contributed by atoms with van der Waals surface area (Å²) in [5, 5.41) is 6.58. The fourth-order valence-corrected chi connectivity index (χ4v) is 4.28. The number of ether oxygens (including phenoxy) is 1. The van der Waals surface area contributed by atoms with Crippen LogP contribution in [0.25, 0.3) is 6.08 Å². The summed E-state index contributed by atoms with van der Waals surface area (Å²) in [5.41, 5.74) is 4.21. The molecule has 0 radical (unpaired) electrons. The maximum Gasteiger partial charge on any atom is 0.291 e. The molecule has 32 heavy (non-hydrogen) atoms. The number of carbonyl (C=O) groups excluding carboxylic acids is 2. The van der Waals surface area contributed by atoms with E-state index < -0.39 is 0 Å². The number of nitrogens with one attached hydrogen (secondary N) is 2. The Morgan fingerprint density at radius 2 is 1.91 bits per heavy atom. The second kappa shape index (κ2) is 8.52. The van der Waals surface area contributed by atoms with Gasteiger partial charge in [0.2, 0.25) is 0 Å². The number of carbonyl (C=O) groups is 2. The molecule has 1 atom stereocenters. The van der Waals surface area contributed by atoms with Crippen molar-refractivity contribution in [2.75, 3.05) is 5.32 Å². The number of benzene rings is 3. The maximum absolute atomic E-state index is 12.9. The molecule has 0 fully saturated rings. The van der Waals surface area contributed by atoms with Crippen LogP contribution in [0, 0.1) is 0 Å². The second-order valence-electron chi connectivity index (χ2n) is 7.94. The Kier molecular flexibility index (Phi) is 5.41. The third kappa shape index (κ3) is 4.12. The van der Waals surface area contributed by atoms with Gasteiger partial charge in [0.15, 0.2) is 11.5 Å². The molecule has 0 saturated heterocycles. The summed E-state index contributed by atoms with van der Waals surface area (Å²) in [6, 6.07) is 20.4. The quantitative estimate of drug-likeness (QED) is 0.523. The van der Waals surface area contributed by atoms with Crippen molar-refractivity contribution in [1.82, 2.24) is 5.32 Å². The molecule has 0 saturated carbocycles. The van der Waals surface area contributed by atoms with E-state index in [1.807, 2.05) is 12.1 Å². The van der Waals surface area contributed by atoms with Gasteiger partial charge in [0.05, 0.1) is 11.7 Å². The summed E-state index contributed by atoms with van der Waals surface area (Å²) < 4.78 is 5.79. The first-order valence-corrected chi connectivity index (χ1v) is 10.9. The summed E-state index contributed by atoms with van der Waals surface area (Å²) >= 11 is 5.91. The van der Waals surface area contributed by atoms with Crippen molar-refractivity contribution in [3.63, 3.8) is 0 Å². The Labute approximate surface area is 191 Å². The van der Waals surface area contributed by atoms with Crippen LogP contribution in [0.4, 0.5) is 5.69 Å². The predicted octanol–water partition coefficient (Wildman–Crippen LogP) is 5.52.